The summed E-state index contributed by atoms with van der Waals surface area (Å²) in [5, 5.41) is 14.0. The summed E-state index contributed by atoms with van der Waals surface area (Å²) in [5.41, 5.74) is 1.68. The van der Waals surface area contributed by atoms with E-state index < -0.39 is 48.0 Å². The van der Waals surface area contributed by atoms with Crippen LogP contribution in [-0.2, 0) is 14.4 Å². The Labute approximate surface area is 183 Å². The number of hydrogen-bond donors (Lipinski definition) is 3. The van der Waals surface area contributed by atoms with Crippen LogP contribution in [0.2, 0.25) is 0 Å². The summed E-state index contributed by atoms with van der Waals surface area (Å²) < 4.78 is 14.6. The zero-order valence-electron chi connectivity index (χ0n) is 17.5. The molecule has 0 fully saturated rings. The maximum Gasteiger partial charge on any atom is 0.316 e. The van der Waals surface area contributed by atoms with Crippen molar-refractivity contribution >= 4 is 23.7 Å². The molecule has 3 amide bonds. The maximum absolute atomic E-state index is 14.6. The highest BCUT2D eigenvalue weighted by atomic mass is 19.1. The van der Waals surface area contributed by atoms with Crippen LogP contribution in [0.5, 0.6) is 0 Å². The highest BCUT2D eigenvalue weighted by Crippen LogP contribution is 2.27. The van der Waals surface area contributed by atoms with Crippen LogP contribution >= 0.6 is 0 Å². The van der Waals surface area contributed by atoms with Crippen molar-refractivity contribution in [2.45, 2.75) is 25.4 Å². The molecule has 0 bridgehead atoms. The van der Waals surface area contributed by atoms with E-state index in [1.54, 1.807) is 6.07 Å². The molecule has 0 aliphatic carbocycles. The van der Waals surface area contributed by atoms with Gasteiger partial charge in [0.1, 0.15) is 5.82 Å². The average Bonchev–Trinajstić information content (AvgIpc) is 2.75. The molecule has 2 aromatic carbocycles. The second kappa shape index (κ2) is 9.42. The van der Waals surface area contributed by atoms with Crippen LogP contribution in [0.25, 0.3) is 11.1 Å². The van der Waals surface area contributed by atoms with Crippen LogP contribution in [-0.4, -0.2) is 46.8 Å². The molecule has 0 spiro atoms. The van der Waals surface area contributed by atoms with Crippen molar-refractivity contribution in [1.82, 2.24) is 15.5 Å². The minimum Gasteiger partial charge on any atom is -0.481 e. The number of Topliss-reactive ketones (excluding diaryl/α,β-unsaturated/α-hetero) is 1. The van der Waals surface area contributed by atoms with Gasteiger partial charge in [0.25, 0.3) is 5.91 Å². The molecule has 8 nitrogen and oxygen atoms in total. The number of aliphatic carboxylic acids is 1. The first-order chi connectivity index (χ1) is 15.2. The van der Waals surface area contributed by atoms with Crippen LogP contribution in [0, 0.1) is 5.82 Å². The van der Waals surface area contributed by atoms with E-state index in [4.69, 9.17) is 0 Å². The Morgan fingerprint density at radius 1 is 1.12 bits per heavy atom. The summed E-state index contributed by atoms with van der Waals surface area (Å²) in [6.45, 7) is 1.51. The number of likely N-dealkylation sites (N-methyl/N-ethyl adjacent to an activating group) is 1. The van der Waals surface area contributed by atoms with Gasteiger partial charge >= 0.3 is 12.0 Å². The lowest BCUT2D eigenvalue weighted by atomic mass is 9.97. The minimum absolute atomic E-state index is 0.0293. The molecule has 2 atom stereocenters. The smallest absolute Gasteiger partial charge is 0.316 e. The van der Waals surface area contributed by atoms with Gasteiger partial charge in [0.2, 0.25) is 0 Å². The van der Waals surface area contributed by atoms with E-state index in [-0.39, 0.29) is 11.1 Å². The Morgan fingerprint density at radius 2 is 1.81 bits per heavy atom. The van der Waals surface area contributed by atoms with Crippen LogP contribution < -0.4 is 10.6 Å². The van der Waals surface area contributed by atoms with E-state index >= 15 is 0 Å². The number of ketones is 1. The molecule has 9 heteroatoms. The molecule has 0 saturated carbocycles. The highest BCUT2D eigenvalue weighted by Gasteiger charge is 2.35. The van der Waals surface area contributed by atoms with Crippen molar-refractivity contribution in [3.63, 3.8) is 0 Å². The van der Waals surface area contributed by atoms with Gasteiger partial charge in [-0.05, 0) is 30.2 Å². The zero-order valence-corrected chi connectivity index (χ0v) is 17.5. The summed E-state index contributed by atoms with van der Waals surface area (Å²) in [7, 11) is 1.45. The van der Waals surface area contributed by atoms with Gasteiger partial charge in [0, 0.05) is 24.4 Å². The first-order valence-corrected chi connectivity index (χ1v) is 9.80. The minimum atomic E-state index is -1.45. The largest absolute Gasteiger partial charge is 0.481 e. The normalized spacial score (nSPS) is 16.9. The highest BCUT2D eigenvalue weighted by molar-refractivity contribution is 6.16. The number of carboxylic acids is 1. The number of benzene rings is 2. The SMILES string of the molecule is CC1=CN(C)C(=O)C(NC(=O)N[C@@H](CC(=O)O)c2cc(-c3ccccc3)ccc2F)C1=O. The van der Waals surface area contributed by atoms with Crippen molar-refractivity contribution in [2.24, 2.45) is 0 Å². The predicted molar refractivity (Wildman–Crippen MR) is 114 cm³/mol. The molecule has 0 aromatic heterocycles. The van der Waals surface area contributed by atoms with Gasteiger partial charge < -0.3 is 20.6 Å². The quantitative estimate of drug-likeness (QED) is 0.599. The van der Waals surface area contributed by atoms with E-state index in [0.717, 1.165) is 5.56 Å². The fraction of sp³-hybridized carbons (Fsp3) is 0.217. The van der Waals surface area contributed by atoms with Gasteiger partial charge in [-0.2, -0.15) is 0 Å². The number of rotatable bonds is 6. The molecule has 166 valence electrons. The molecule has 1 aliphatic rings. The molecule has 0 radical (unpaired) electrons. The van der Waals surface area contributed by atoms with Gasteiger partial charge in [-0.1, -0.05) is 36.4 Å². The molecule has 1 unspecified atom stereocenters. The molecular weight excluding hydrogens is 417 g/mol. The first-order valence-electron chi connectivity index (χ1n) is 9.80. The predicted octanol–water partition coefficient (Wildman–Crippen LogP) is 2.62. The topological polar surface area (TPSA) is 116 Å². The van der Waals surface area contributed by atoms with Crippen LogP contribution in [0.1, 0.15) is 24.9 Å². The summed E-state index contributed by atoms with van der Waals surface area (Å²) in [6, 6.07) is 9.65. The number of carboxylic acid groups (broad SMARTS) is 1. The number of halogens is 1. The Balaban J connectivity index is 1.85. The first kappa shape index (κ1) is 22.7. The standard InChI is InChI=1S/C23H22FN3O5/c1-13-12-27(2)22(31)20(21(13)30)26-23(32)25-18(11-19(28)29)16-10-15(8-9-17(16)24)14-6-4-3-5-7-14/h3-10,12,18,20H,11H2,1-2H3,(H,28,29)(H2,25,26,32)/t18-,20?/m0/s1. The molecule has 3 N–H and O–H groups in total. The number of carbonyl (C=O) groups is 4. The van der Waals surface area contributed by atoms with E-state index in [1.165, 1.54) is 37.2 Å². The number of urea groups is 1. The summed E-state index contributed by atoms with van der Waals surface area (Å²) in [6.07, 6.45) is 0.756. The van der Waals surface area contributed by atoms with Crippen LogP contribution in [0.3, 0.4) is 0 Å². The van der Waals surface area contributed by atoms with Crippen molar-refractivity contribution in [1.29, 1.82) is 0 Å². The van der Waals surface area contributed by atoms with Gasteiger partial charge in [-0.3, -0.25) is 14.4 Å². The number of nitrogens with zero attached hydrogens (tertiary/aromatic N) is 1. The fourth-order valence-electron chi connectivity index (χ4n) is 3.45. The monoisotopic (exact) mass is 439 g/mol. The van der Waals surface area contributed by atoms with Crippen LogP contribution in [0.15, 0.2) is 60.3 Å². The molecule has 2 aromatic rings. The Hall–Kier alpha value is -4.01. The van der Waals surface area contributed by atoms with Crippen molar-refractivity contribution in [3.8, 4) is 11.1 Å². The molecule has 1 heterocycles. The molecule has 1 aliphatic heterocycles. The number of hydrogen-bond acceptors (Lipinski definition) is 4. The number of amides is 3. The number of carbonyl (C=O) groups excluding carboxylic acids is 3. The third-order valence-electron chi connectivity index (χ3n) is 5.07. The van der Waals surface area contributed by atoms with Crippen molar-refractivity contribution in [2.75, 3.05) is 7.05 Å². The Morgan fingerprint density at radius 3 is 2.47 bits per heavy atom. The lowest BCUT2D eigenvalue weighted by Crippen LogP contribution is -2.56. The summed E-state index contributed by atoms with van der Waals surface area (Å²) in [5.74, 6) is -3.17. The second-order valence-corrected chi connectivity index (χ2v) is 7.43. The van der Waals surface area contributed by atoms with E-state index in [1.807, 2.05) is 30.3 Å². The average molecular weight is 439 g/mol. The lowest BCUT2D eigenvalue weighted by Gasteiger charge is -2.27. The summed E-state index contributed by atoms with van der Waals surface area (Å²) in [4.78, 5) is 49.7. The molecule has 32 heavy (non-hydrogen) atoms. The van der Waals surface area contributed by atoms with Crippen molar-refractivity contribution < 1.29 is 28.7 Å². The van der Waals surface area contributed by atoms with Crippen LogP contribution in [0.4, 0.5) is 9.18 Å². The third-order valence-corrected chi connectivity index (χ3v) is 5.07. The molecule has 3 rings (SSSR count). The fourth-order valence-corrected chi connectivity index (χ4v) is 3.45. The third kappa shape index (κ3) is 5.00. The van der Waals surface area contributed by atoms with Gasteiger partial charge in [0.15, 0.2) is 11.8 Å². The van der Waals surface area contributed by atoms with E-state index in [0.29, 0.717) is 5.56 Å². The van der Waals surface area contributed by atoms with Gasteiger partial charge in [-0.15, -0.1) is 0 Å². The zero-order chi connectivity index (χ0) is 23.4. The summed E-state index contributed by atoms with van der Waals surface area (Å²) >= 11 is 0. The second-order valence-electron chi connectivity index (χ2n) is 7.43. The lowest BCUT2D eigenvalue weighted by molar-refractivity contribution is -0.138. The van der Waals surface area contributed by atoms with E-state index in [2.05, 4.69) is 10.6 Å². The van der Waals surface area contributed by atoms with Crippen molar-refractivity contribution in [3.05, 3.63) is 71.7 Å². The Kier molecular flexibility index (Phi) is 6.67. The van der Waals surface area contributed by atoms with Gasteiger partial charge in [-0.25, -0.2) is 9.18 Å². The van der Waals surface area contributed by atoms with Gasteiger partial charge in [0.05, 0.1) is 12.5 Å². The molecular formula is C23H22FN3O5. The Bertz CT molecular complexity index is 1100. The molecule has 0 saturated heterocycles. The maximum atomic E-state index is 14.6. The van der Waals surface area contributed by atoms with E-state index in [9.17, 15) is 28.7 Å². The number of nitrogens with one attached hydrogen (secondary N) is 2.